The van der Waals surface area contributed by atoms with E-state index >= 15 is 0 Å². The highest BCUT2D eigenvalue weighted by atomic mass is 16.5. The molecule has 0 aromatic heterocycles. The minimum absolute atomic E-state index is 0.101. The fraction of sp³-hybridized carbons (Fsp3) is 0.250. The molecule has 1 fully saturated rings. The van der Waals surface area contributed by atoms with Gasteiger partial charge in [0, 0.05) is 12.3 Å². The van der Waals surface area contributed by atoms with Gasteiger partial charge in [0.1, 0.15) is 17.2 Å². The van der Waals surface area contributed by atoms with Gasteiger partial charge < -0.3 is 19.5 Å². The molecule has 3 aromatic rings. The Morgan fingerprint density at radius 1 is 1.00 bits per heavy atom. The van der Waals surface area contributed by atoms with Gasteiger partial charge in [0.15, 0.2) is 6.61 Å². The molecular formula is C28H26N2O6. The molecule has 0 radical (unpaired) electrons. The zero-order valence-electron chi connectivity index (χ0n) is 19.9. The number of benzene rings is 3. The summed E-state index contributed by atoms with van der Waals surface area (Å²) in [4.78, 5) is 39.0. The van der Waals surface area contributed by atoms with Crippen LogP contribution in [-0.2, 0) is 9.53 Å². The number of amides is 3. The van der Waals surface area contributed by atoms with E-state index in [1.54, 1.807) is 42.5 Å². The van der Waals surface area contributed by atoms with Crippen LogP contribution < -0.4 is 14.8 Å². The van der Waals surface area contributed by atoms with E-state index in [9.17, 15) is 14.4 Å². The average molecular weight is 487 g/mol. The number of carbonyl (C=O) groups excluding carboxylic acids is 3. The van der Waals surface area contributed by atoms with Crippen LogP contribution in [0.2, 0.25) is 0 Å². The molecule has 0 aliphatic carbocycles. The molecule has 0 spiro atoms. The summed E-state index contributed by atoms with van der Waals surface area (Å²) in [6.45, 7) is 2.75. The van der Waals surface area contributed by atoms with Gasteiger partial charge in [-0.15, -0.1) is 0 Å². The van der Waals surface area contributed by atoms with Crippen LogP contribution in [0.25, 0.3) is 0 Å². The molecule has 3 amide bonds. The molecule has 1 atom stereocenters. The van der Waals surface area contributed by atoms with Gasteiger partial charge in [-0.3, -0.25) is 19.3 Å². The first-order chi connectivity index (χ1) is 17.5. The zero-order valence-corrected chi connectivity index (χ0v) is 19.9. The summed E-state index contributed by atoms with van der Waals surface area (Å²) in [7, 11) is 0. The van der Waals surface area contributed by atoms with Crippen LogP contribution in [0.4, 0.5) is 5.69 Å². The number of carbonyl (C=O) groups is 3. The smallest absolute Gasteiger partial charge is 0.262 e. The Labute approximate surface area is 208 Å². The third-order valence-electron chi connectivity index (χ3n) is 6.18. The van der Waals surface area contributed by atoms with Gasteiger partial charge in [0.2, 0.25) is 0 Å². The number of ether oxygens (including phenoxy) is 3. The lowest BCUT2D eigenvalue weighted by atomic mass is 10.1. The Hall–Kier alpha value is -4.17. The van der Waals surface area contributed by atoms with Gasteiger partial charge in [0.05, 0.1) is 23.8 Å². The molecule has 2 heterocycles. The van der Waals surface area contributed by atoms with Crippen molar-refractivity contribution < 1.29 is 28.6 Å². The first kappa shape index (κ1) is 23.6. The lowest BCUT2D eigenvalue weighted by molar-refractivity contribution is -0.118. The number of nitrogens with one attached hydrogen (secondary N) is 1. The van der Waals surface area contributed by atoms with Crippen molar-refractivity contribution >= 4 is 23.4 Å². The number of para-hydroxylation sites is 1. The summed E-state index contributed by atoms with van der Waals surface area (Å²) >= 11 is 0. The van der Waals surface area contributed by atoms with Gasteiger partial charge in [-0.25, -0.2) is 0 Å². The van der Waals surface area contributed by atoms with Crippen LogP contribution >= 0.6 is 0 Å². The molecule has 36 heavy (non-hydrogen) atoms. The number of fused-ring (bicyclic) bond motifs is 1. The lowest BCUT2D eigenvalue weighted by Crippen LogP contribution is -2.36. The number of anilines is 1. The quantitative estimate of drug-likeness (QED) is 0.469. The molecule has 2 aliphatic rings. The first-order valence-corrected chi connectivity index (χ1v) is 11.9. The Morgan fingerprint density at radius 2 is 1.75 bits per heavy atom. The molecule has 8 nitrogen and oxygen atoms in total. The van der Waals surface area contributed by atoms with Crippen molar-refractivity contribution in [3.63, 3.8) is 0 Å². The average Bonchev–Trinajstić information content (AvgIpc) is 3.48. The van der Waals surface area contributed by atoms with E-state index in [0.717, 1.165) is 18.4 Å². The molecule has 1 unspecified atom stereocenters. The number of rotatable bonds is 8. The monoisotopic (exact) mass is 486 g/mol. The third-order valence-corrected chi connectivity index (χ3v) is 6.18. The number of nitrogens with zero attached hydrogens (tertiary/aromatic N) is 1. The Balaban J connectivity index is 1.18. The highest BCUT2D eigenvalue weighted by Gasteiger charge is 2.37. The van der Waals surface area contributed by atoms with Crippen molar-refractivity contribution in [3.8, 4) is 17.2 Å². The SMILES string of the molecule is Cc1ccccc1OCC(=O)Nc1ccc(Oc2ccc3c(c2)C(=O)N(CC2CCCO2)C3=O)cc1. The standard InChI is InChI=1S/C28H26N2O6/c1-18-5-2-3-7-25(18)35-17-26(31)29-19-8-10-20(11-9-19)36-21-12-13-23-24(15-21)28(33)30(27(23)32)16-22-6-4-14-34-22/h2-3,5,7-13,15,22H,4,6,14,16-17H2,1H3,(H,29,31). The largest absolute Gasteiger partial charge is 0.483 e. The number of hydrogen-bond acceptors (Lipinski definition) is 6. The maximum absolute atomic E-state index is 12.9. The molecule has 8 heteroatoms. The van der Waals surface area contributed by atoms with E-state index in [2.05, 4.69) is 5.32 Å². The maximum atomic E-state index is 12.9. The van der Waals surface area contributed by atoms with E-state index in [1.807, 2.05) is 31.2 Å². The van der Waals surface area contributed by atoms with E-state index in [4.69, 9.17) is 14.2 Å². The topological polar surface area (TPSA) is 94.2 Å². The highest BCUT2D eigenvalue weighted by molar-refractivity contribution is 6.21. The van der Waals surface area contributed by atoms with Crippen LogP contribution in [0.3, 0.4) is 0 Å². The van der Waals surface area contributed by atoms with Crippen LogP contribution in [-0.4, -0.2) is 48.5 Å². The van der Waals surface area contributed by atoms with Crippen molar-refractivity contribution in [2.75, 3.05) is 25.1 Å². The Bertz CT molecular complexity index is 1300. The normalized spacial score (nSPS) is 16.7. The minimum atomic E-state index is -0.332. The highest BCUT2D eigenvalue weighted by Crippen LogP contribution is 2.31. The maximum Gasteiger partial charge on any atom is 0.262 e. The second-order valence-electron chi connectivity index (χ2n) is 8.79. The van der Waals surface area contributed by atoms with Gasteiger partial charge in [-0.05, 0) is 73.9 Å². The molecule has 3 aromatic carbocycles. The van der Waals surface area contributed by atoms with Gasteiger partial charge in [-0.2, -0.15) is 0 Å². The number of aryl methyl sites for hydroxylation is 1. The van der Waals surface area contributed by atoms with Crippen molar-refractivity contribution in [2.45, 2.75) is 25.9 Å². The number of imide groups is 1. The minimum Gasteiger partial charge on any atom is -0.483 e. The summed E-state index contributed by atoms with van der Waals surface area (Å²) in [6.07, 6.45) is 1.68. The Morgan fingerprint density at radius 3 is 2.50 bits per heavy atom. The molecule has 1 saturated heterocycles. The summed E-state index contributed by atoms with van der Waals surface area (Å²) in [5.41, 5.74) is 2.25. The van der Waals surface area contributed by atoms with Crippen LogP contribution in [0.1, 0.15) is 39.1 Å². The molecule has 5 rings (SSSR count). The van der Waals surface area contributed by atoms with Gasteiger partial charge in [0.25, 0.3) is 17.7 Å². The fourth-order valence-electron chi connectivity index (χ4n) is 4.29. The second-order valence-corrected chi connectivity index (χ2v) is 8.79. The fourth-order valence-corrected chi connectivity index (χ4v) is 4.29. The second kappa shape index (κ2) is 10.2. The van der Waals surface area contributed by atoms with Crippen molar-refractivity contribution in [3.05, 3.63) is 83.4 Å². The molecule has 0 bridgehead atoms. The third kappa shape index (κ3) is 5.08. The summed E-state index contributed by atoms with van der Waals surface area (Å²) in [5.74, 6) is 0.724. The van der Waals surface area contributed by atoms with Gasteiger partial charge >= 0.3 is 0 Å². The van der Waals surface area contributed by atoms with E-state index in [0.29, 0.717) is 40.7 Å². The molecule has 1 N–H and O–H groups in total. The molecule has 2 aliphatic heterocycles. The summed E-state index contributed by atoms with van der Waals surface area (Å²) in [6, 6.07) is 19.2. The van der Waals surface area contributed by atoms with E-state index in [-0.39, 0.29) is 37.0 Å². The number of hydrogen-bond donors (Lipinski definition) is 1. The first-order valence-electron chi connectivity index (χ1n) is 11.9. The molecular weight excluding hydrogens is 460 g/mol. The predicted molar refractivity (Wildman–Crippen MR) is 133 cm³/mol. The van der Waals surface area contributed by atoms with Crippen molar-refractivity contribution in [1.29, 1.82) is 0 Å². The van der Waals surface area contributed by atoms with Crippen LogP contribution in [0, 0.1) is 6.92 Å². The van der Waals surface area contributed by atoms with E-state index < -0.39 is 0 Å². The molecule has 184 valence electrons. The molecule has 0 saturated carbocycles. The predicted octanol–water partition coefficient (Wildman–Crippen LogP) is 4.58. The summed E-state index contributed by atoms with van der Waals surface area (Å²) < 4.78 is 17.0. The van der Waals surface area contributed by atoms with Crippen LogP contribution in [0.15, 0.2) is 66.7 Å². The zero-order chi connectivity index (χ0) is 25.1. The van der Waals surface area contributed by atoms with Gasteiger partial charge in [-0.1, -0.05) is 18.2 Å². The van der Waals surface area contributed by atoms with E-state index in [1.165, 1.54) is 4.90 Å². The van der Waals surface area contributed by atoms with Crippen molar-refractivity contribution in [1.82, 2.24) is 4.90 Å². The summed E-state index contributed by atoms with van der Waals surface area (Å²) in [5, 5.41) is 2.78. The van der Waals surface area contributed by atoms with Crippen molar-refractivity contribution in [2.24, 2.45) is 0 Å². The van der Waals surface area contributed by atoms with Crippen LogP contribution in [0.5, 0.6) is 17.2 Å². The lowest BCUT2D eigenvalue weighted by Gasteiger charge is -2.17. The Kier molecular flexibility index (Phi) is 6.69.